The van der Waals surface area contributed by atoms with Gasteiger partial charge in [0.2, 0.25) is 5.91 Å². The zero-order chi connectivity index (χ0) is 11.8. The highest BCUT2D eigenvalue weighted by Gasteiger charge is 2.45. The number of hydrogen-bond acceptors (Lipinski definition) is 3. The highest BCUT2D eigenvalue weighted by atomic mass is 32.2. The molecule has 2 aliphatic rings. The summed E-state index contributed by atoms with van der Waals surface area (Å²) in [6.45, 7) is 7.12. The third-order valence-corrected chi connectivity index (χ3v) is 5.24. The van der Waals surface area contributed by atoms with Crippen molar-refractivity contribution in [2.75, 3.05) is 12.3 Å². The maximum absolute atomic E-state index is 12.3. The van der Waals surface area contributed by atoms with Gasteiger partial charge in [-0.15, -0.1) is 0 Å². The number of amides is 1. The van der Waals surface area contributed by atoms with Gasteiger partial charge in [0, 0.05) is 11.8 Å². The lowest BCUT2D eigenvalue weighted by molar-refractivity contribution is -0.132. The molecule has 3 nitrogen and oxygen atoms in total. The molecule has 16 heavy (non-hydrogen) atoms. The van der Waals surface area contributed by atoms with Crippen LogP contribution in [0.2, 0.25) is 0 Å². The summed E-state index contributed by atoms with van der Waals surface area (Å²) in [6, 6.07) is 0. The van der Waals surface area contributed by atoms with E-state index in [1.54, 1.807) is 0 Å². The number of rotatable bonds is 3. The standard InChI is InChI=1S/C12H22N2OS/c1-4-12(3)11(15)14(9(2)13-12)8-10-6-5-7-16-10/h9-10,13H,4-8H2,1-3H3. The van der Waals surface area contributed by atoms with Crippen LogP contribution in [0.15, 0.2) is 0 Å². The molecular formula is C12H22N2OS. The first-order chi connectivity index (χ1) is 7.57. The van der Waals surface area contributed by atoms with Crippen molar-refractivity contribution in [2.45, 2.75) is 57.0 Å². The summed E-state index contributed by atoms with van der Waals surface area (Å²) in [4.78, 5) is 14.3. The summed E-state index contributed by atoms with van der Waals surface area (Å²) in [5.41, 5.74) is -0.331. The Kier molecular flexibility index (Phi) is 3.50. The highest BCUT2D eigenvalue weighted by Crippen LogP contribution is 2.30. The van der Waals surface area contributed by atoms with Gasteiger partial charge in [-0.3, -0.25) is 10.1 Å². The van der Waals surface area contributed by atoms with Crippen LogP contribution in [0.1, 0.15) is 40.0 Å². The van der Waals surface area contributed by atoms with Gasteiger partial charge in [0.1, 0.15) is 0 Å². The Hall–Kier alpha value is -0.220. The quantitative estimate of drug-likeness (QED) is 0.819. The Labute approximate surface area is 102 Å². The van der Waals surface area contributed by atoms with Crippen molar-refractivity contribution in [1.29, 1.82) is 0 Å². The molecule has 0 aliphatic carbocycles. The third kappa shape index (κ3) is 2.09. The number of thioether (sulfide) groups is 1. The fourth-order valence-electron chi connectivity index (χ4n) is 2.60. The van der Waals surface area contributed by atoms with Crippen LogP contribution >= 0.6 is 11.8 Å². The minimum atomic E-state index is -0.331. The second kappa shape index (κ2) is 4.57. The predicted molar refractivity (Wildman–Crippen MR) is 68.5 cm³/mol. The van der Waals surface area contributed by atoms with Crippen LogP contribution in [0, 0.1) is 0 Å². The molecule has 0 radical (unpaired) electrons. The highest BCUT2D eigenvalue weighted by molar-refractivity contribution is 8.00. The van der Waals surface area contributed by atoms with Crippen LogP contribution in [0.3, 0.4) is 0 Å². The first-order valence-electron chi connectivity index (χ1n) is 6.27. The van der Waals surface area contributed by atoms with Crippen LogP contribution in [0.4, 0.5) is 0 Å². The van der Waals surface area contributed by atoms with Crippen LogP contribution in [0.25, 0.3) is 0 Å². The summed E-state index contributed by atoms with van der Waals surface area (Å²) in [6.07, 6.45) is 3.64. The average Bonchev–Trinajstić information content (AvgIpc) is 2.83. The molecule has 0 aromatic heterocycles. The first kappa shape index (κ1) is 12.2. The first-order valence-corrected chi connectivity index (χ1v) is 7.32. The smallest absolute Gasteiger partial charge is 0.243 e. The molecule has 0 saturated carbocycles. The molecule has 0 bridgehead atoms. The Morgan fingerprint density at radius 1 is 1.62 bits per heavy atom. The maximum atomic E-state index is 12.3. The van der Waals surface area contributed by atoms with E-state index < -0.39 is 0 Å². The van der Waals surface area contributed by atoms with Crippen LogP contribution < -0.4 is 5.32 Å². The van der Waals surface area contributed by atoms with Gasteiger partial charge in [-0.25, -0.2) is 0 Å². The lowest BCUT2D eigenvalue weighted by Crippen LogP contribution is -2.43. The van der Waals surface area contributed by atoms with Gasteiger partial charge in [0.05, 0.1) is 11.7 Å². The Morgan fingerprint density at radius 3 is 2.88 bits per heavy atom. The monoisotopic (exact) mass is 242 g/mol. The predicted octanol–water partition coefficient (Wildman–Crippen LogP) is 1.83. The third-order valence-electron chi connectivity index (χ3n) is 3.86. The molecule has 2 fully saturated rings. The summed E-state index contributed by atoms with van der Waals surface area (Å²) < 4.78 is 0. The van der Waals surface area contributed by atoms with E-state index in [0.29, 0.717) is 5.25 Å². The molecule has 0 aromatic carbocycles. The van der Waals surface area contributed by atoms with Crippen molar-refractivity contribution in [2.24, 2.45) is 0 Å². The molecule has 2 aliphatic heterocycles. The van der Waals surface area contributed by atoms with Crippen molar-refractivity contribution in [3.05, 3.63) is 0 Å². The van der Waals surface area contributed by atoms with Crippen molar-refractivity contribution in [3.8, 4) is 0 Å². The van der Waals surface area contributed by atoms with Gasteiger partial charge in [-0.05, 0) is 38.9 Å². The van der Waals surface area contributed by atoms with E-state index in [-0.39, 0.29) is 17.6 Å². The molecule has 3 atom stereocenters. The minimum Gasteiger partial charge on any atom is -0.325 e. The van der Waals surface area contributed by atoms with Gasteiger partial charge in [-0.1, -0.05) is 6.92 Å². The second-order valence-corrected chi connectivity index (χ2v) is 6.51. The van der Waals surface area contributed by atoms with E-state index in [1.165, 1.54) is 18.6 Å². The number of nitrogens with zero attached hydrogens (tertiary/aromatic N) is 1. The topological polar surface area (TPSA) is 32.3 Å². The minimum absolute atomic E-state index is 0.193. The summed E-state index contributed by atoms with van der Waals surface area (Å²) in [5, 5.41) is 4.08. The zero-order valence-corrected chi connectivity index (χ0v) is 11.3. The molecule has 0 aromatic rings. The molecule has 0 spiro atoms. The summed E-state index contributed by atoms with van der Waals surface area (Å²) in [7, 11) is 0. The number of carbonyl (C=O) groups excluding carboxylic acids is 1. The Bertz CT molecular complexity index is 278. The van der Waals surface area contributed by atoms with Gasteiger partial charge in [-0.2, -0.15) is 11.8 Å². The van der Waals surface area contributed by atoms with Crippen molar-refractivity contribution < 1.29 is 4.79 Å². The summed E-state index contributed by atoms with van der Waals surface area (Å²) >= 11 is 2.02. The molecule has 2 saturated heterocycles. The lowest BCUT2D eigenvalue weighted by atomic mass is 9.99. The number of nitrogens with one attached hydrogen (secondary N) is 1. The van der Waals surface area contributed by atoms with Crippen LogP contribution in [0.5, 0.6) is 0 Å². The molecule has 1 amide bonds. The number of hydrogen-bond donors (Lipinski definition) is 1. The van der Waals surface area contributed by atoms with E-state index in [0.717, 1.165) is 13.0 Å². The molecule has 4 heteroatoms. The van der Waals surface area contributed by atoms with Gasteiger partial charge in [0.25, 0.3) is 0 Å². The maximum Gasteiger partial charge on any atom is 0.243 e. The molecular weight excluding hydrogens is 220 g/mol. The van der Waals surface area contributed by atoms with Crippen molar-refractivity contribution in [1.82, 2.24) is 10.2 Å². The molecule has 3 unspecified atom stereocenters. The molecule has 1 N–H and O–H groups in total. The largest absolute Gasteiger partial charge is 0.325 e. The Balaban J connectivity index is 2.01. The lowest BCUT2D eigenvalue weighted by Gasteiger charge is -2.24. The van der Waals surface area contributed by atoms with E-state index in [2.05, 4.69) is 19.2 Å². The van der Waals surface area contributed by atoms with Gasteiger partial charge < -0.3 is 4.90 Å². The van der Waals surface area contributed by atoms with Crippen molar-refractivity contribution in [3.63, 3.8) is 0 Å². The Morgan fingerprint density at radius 2 is 2.38 bits per heavy atom. The van der Waals surface area contributed by atoms with E-state index in [9.17, 15) is 4.79 Å². The van der Waals surface area contributed by atoms with Gasteiger partial charge >= 0.3 is 0 Å². The van der Waals surface area contributed by atoms with Crippen LogP contribution in [-0.4, -0.2) is 40.1 Å². The average molecular weight is 242 g/mol. The normalized spacial score (nSPS) is 39.7. The van der Waals surface area contributed by atoms with Crippen LogP contribution in [-0.2, 0) is 4.79 Å². The second-order valence-electron chi connectivity index (χ2n) is 5.10. The zero-order valence-electron chi connectivity index (χ0n) is 10.5. The summed E-state index contributed by atoms with van der Waals surface area (Å²) in [5.74, 6) is 1.55. The fourth-order valence-corrected chi connectivity index (χ4v) is 3.86. The molecule has 92 valence electrons. The molecule has 2 rings (SSSR count). The fraction of sp³-hybridized carbons (Fsp3) is 0.917. The molecule has 2 heterocycles. The van der Waals surface area contributed by atoms with Crippen molar-refractivity contribution >= 4 is 17.7 Å². The van der Waals surface area contributed by atoms with Gasteiger partial charge in [0.15, 0.2) is 0 Å². The van der Waals surface area contributed by atoms with E-state index in [4.69, 9.17) is 0 Å². The van der Waals surface area contributed by atoms with E-state index in [1.807, 2.05) is 23.6 Å². The SMILES string of the molecule is CCC1(C)NC(C)N(CC2CCCS2)C1=O. The number of carbonyl (C=O) groups is 1. The van der Waals surface area contributed by atoms with E-state index >= 15 is 0 Å².